The summed E-state index contributed by atoms with van der Waals surface area (Å²) in [6.07, 6.45) is 1.47. The number of hydrogen-bond donors (Lipinski definition) is 2. The van der Waals surface area contributed by atoms with Crippen molar-refractivity contribution in [3.8, 4) is 11.5 Å². The standard InChI is InChI=1S/C14H12Br2N2O3S/c1-2-21-9-6-8(11(15)12(16)13(9)19)7-17-18-14(20)10-4-3-5-22-10/h3-7,19H,2H2,1H3,(H,18,20). The summed E-state index contributed by atoms with van der Waals surface area (Å²) in [7, 11) is 0. The van der Waals surface area contributed by atoms with E-state index in [9.17, 15) is 9.90 Å². The number of nitrogens with one attached hydrogen (secondary N) is 1. The second kappa shape index (κ2) is 7.75. The summed E-state index contributed by atoms with van der Waals surface area (Å²) in [6, 6.07) is 5.15. The molecule has 5 nitrogen and oxygen atoms in total. The van der Waals surface area contributed by atoms with Gasteiger partial charge in [-0.2, -0.15) is 5.10 Å². The molecule has 2 N–H and O–H groups in total. The molecule has 0 aliphatic heterocycles. The van der Waals surface area contributed by atoms with Gasteiger partial charge in [-0.3, -0.25) is 4.79 Å². The molecule has 2 aromatic rings. The van der Waals surface area contributed by atoms with Gasteiger partial charge in [0.05, 0.1) is 22.2 Å². The normalized spacial score (nSPS) is 10.9. The number of benzene rings is 1. The second-order valence-corrected chi connectivity index (χ2v) is 6.58. The molecule has 1 heterocycles. The molecule has 1 aromatic carbocycles. The van der Waals surface area contributed by atoms with Crippen LogP contribution >= 0.6 is 43.2 Å². The highest BCUT2D eigenvalue weighted by atomic mass is 79.9. The predicted octanol–water partition coefficient (Wildman–Crippen LogP) is 4.14. The molecule has 0 radical (unpaired) electrons. The second-order valence-electron chi connectivity index (χ2n) is 4.05. The van der Waals surface area contributed by atoms with E-state index in [0.29, 0.717) is 31.7 Å². The summed E-state index contributed by atoms with van der Waals surface area (Å²) < 4.78 is 6.43. The maximum Gasteiger partial charge on any atom is 0.281 e. The van der Waals surface area contributed by atoms with Crippen molar-refractivity contribution in [3.05, 3.63) is 43.0 Å². The molecule has 116 valence electrons. The Hall–Kier alpha value is -1.38. The maximum absolute atomic E-state index is 11.8. The van der Waals surface area contributed by atoms with E-state index in [4.69, 9.17) is 4.74 Å². The van der Waals surface area contributed by atoms with Crippen molar-refractivity contribution >= 4 is 55.3 Å². The first-order valence-electron chi connectivity index (χ1n) is 6.25. The van der Waals surface area contributed by atoms with E-state index in [-0.39, 0.29) is 11.7 Å². The fraction of sp³-hybridized carbons (Fsp3) is 0.143. The van der Waals surface area contributed by atoms with Crippen molar-refractivity contribution in [1.82, 2.24) is 5.43 Å². The number of aromatic hydroxyl groups is 1. The molecule has 0 atom stereocenters. The largest absolute Gasteiger partial charge is 0.503 e. The monoisotopic (exact) mass is 446 g/mol. The Kier molecular flexibility index (Phi) is 5.98. The number of thiophene rings is 1. The minimum Gasteiger partial charge on any atom is -0.503 e. The van der Waals surface area contributed by atoms with E-state index in [1.807, 2.05) is 12.3 Å². The third-order valence-electron chi connectivity index (χ3n) is 2.59. The van der Waals surface area contributed by atoms with Crippen molar-refractivity contribution in [2.75, 3.05) is 6.61 Å². The summed E-state index contributed by atoms with van der Waals surface area (Å²) in [4.78, 5) is 12.4. The number of amides is 1. The highest BCUT2D eigenvalue weighted by Gasteiger charge is 2.14. The van der Waals surface area contributed by atoms with Crippen LogP contribution in [0.15, 0.2) is 37.6 Å². The number of phenols is 1. The number of phenolic OH excluding ortho intramolecular Hbond substituents is 1. The fourth-order valence-corrected chi connectivity index (χ4v) is 3.04. The Morgan fingerprint density at radius 3 is 2.91 bits per heavy atom. The molecule has 22 heavy (non-hydrogen) atoms. The first kappa shape index (κ1) is 17.0. The number of halogens is 2. The first-order valence-corrected chi connectivity index (χ1v) is 8.71. The van der Waals surface area contributed by atoms with Gasteiger partial charge >= 0.3 is 0 Å². The number of carbonyl (C=O) groups excluding carboxylic acids is 1. The number of hydrogen-bond acceptors (Lipinski definition) is 5. The number of nitrogens with zero attached hydrogens (tertiary/aromatic N) is 1. The van der Waals surface area contributed by atoms with Gasteiger partial charge in [-0.05, 0) is 56.3 Å². The van der Waals surface area contributed by atoms with Gasteiger partial charge in [-0.15, -0.1) is 11.3 Å². The van der Waals surface area contributed by atoms with Crippen molar-refractivity contribution in [3.63, 3.8) is 0 Å². The van der Waals surface area contributed by atoms with Gasteiger partial charge in [-0.1, -0.05) is 6.07 Å². The van der Waals surface area contributed by atoms with Crippen molar-refractivity contribution in [1.29, 1.82) is 0 Å². The molecule has 0 bridgehead atoms. The quantitative estimate of drug-likeness (QED) is 0.534. The van der Waals surface area contributed by atoms with Crippen LogP contribution in [-0.2, 0) is 0 Å². The van der Waals surface area contributed by atoms with E-state index < -0.39 is 0 Å². The van der Waals surface area contributed by atoms with E-state index in [1.54, 1.807) is 18.2 Å². The Labute approximate surface area is 148 Å². The Morgan fingerprint density at radius 2 is 2.27 bits per heavy atom. The Morgan fingerprint density at radius 1 is 1.50 bits per heavy atom. The van der Waals surface area contributed by atoms with Crippen LogP contribution < -0.4 is 10.2 Å². The smallest absolute Gasteiger partial charge is 0.281 e. The molecule has 0 saturated heterocycles. The highest BCUT2D eigenvalue weighted by Crippen LogP contribution is 2.41. The number of hydrazone groups is 1. The van der Waals surface area contributed by atoms with E-state index in [1.165, 1.54) is 17.6 Å². The molecule has 0 spiro atoms. The zero-order chi connectivity index (χ0) is 16.1. The molecule has 0 unspecified atom stereocenters. The summed E-state index contributed by atoms with van der Waals surface area (Å²) in [5.74, 6) is 0.0716. The zero-order valence-electron chi connectivity index (χ0n) is 11.5. The minimum atomic E-state index is -0.273. The topological polar surface area (TPSA) is 70.9 Å². The van der Waals surface area contributed by atoms with E-state index in [0.717, 1.165) is 0 Å². The number of carbonyl (C=O) groups is 1. The summed E-state index contributed by atoms with van der Waals surface area (Å²) in [5.41, 5.74) is 3.10. The third-order valence-corrected chi connectivity index (χ3v) is 5.62. The lowest BCUT2D eigenvalue weighted by Gasteiger charge is -2.10. The van der Waals surface area contributed by atoms with E-state index >= 15 is 0 Å². The van der Waals surface area contributed by atoms with Crippen LogP contribution in [0.5, 0.6) is 11.5 Å². The highest BCUT2D eigenvalue weighted by molar-refractivity contribution is 9.13. The Bertz CT molecular complexity index is 703. The predicted molar refractivity (Wildman–Crippen MR) is 94.1 cm³/mol. The molecule has 1 amide bonds. The first-order chi connectivity index (χ1) is 10.5. The summed E-state index contributed by atoms with van der Waals surface area (Å²) >= 11 is 7.97. The molecule has 8 heteroatoms. The summed E-state index contributed by atoms with van der Waals surface area (Å²) in [6.45, 7) is 2.25. The zero-order valence-corrected chi connectivity index (χ0v) is 15.5. The lowest BCUT2D eigenvalue weighted by atomic mass is 10.2. The molecule has 0 fully saturated rings. The van der Waals surface area contributed by atoms with Crippen LogP contribution in [0.4, 0.5) is 0 Å². The van der Waals surface area contributed by atoms with Gasteiger partial charge in [-0.25, -0.2) is 5.43 Å². The van der Waals surface area contributed by atoms with Gasteiger partial charge < -0.3 is 9.84 Å². The minimum absolute atomic E-state index is 0.00787. The van der Waals surface area contributed by atoms with Crippen LogP contribution in [0, 0.1) is 0 Å². The molecule has 1 aromatic heterocycles. The summed E-state index contributed by atoms with van der Waals surface area (Å²) in [5, 5.41) is 15.7. The average molecular weight is 448 g/mol. The van der Waals surface area contributed by atoms with Crippen molar-refractivity contribution < 1.29 is 14.6 Å². The van der Waals surface area contributed by atoms with Crippen LogP contribution in [0.3, 0.4) is 0 Å². The Balaban J connectivity index is 2.18. The maximum atomic E-state index is 11.8. The van der Waals surface area contributed by atoms with Gasteiger partial charge in [0, 0.05) is 10.0 Å². The molecule has 0 saturated carbocycles. The number of rotatable bonds is 5. The molecular formula is C14H12Br2N2O3S. The van der Waals surface area contributed by atoms with Crippen LogP contribution in [0.25, 0.3) is 0 Å². The fourth-order valence-electron chi connectivity index (χ4n) is 1.59. The van der Waals surface area contributed by atoms with E-state index in [2.05, 4.69) is 42.4 Å². The molecule has 2 rings (SSSR count). The molecule has 0 aliphatic rings. The van der Waals surface area contributed by atoms with Gasteiger partial charge in [0.15, 0.2) is 11.5 Å². The van der Waals surface area contributed by atoms with Gasteiger partial charge in [0.2, 0.25) is 0 Å². The lowest BCUT2D eigenvalue weighted by Crippen LogP contribution is -2.16. The van der Waals surface area contributed by atoms with Crippen molar-refractivity contribution in [2.45, 2.75) is 6.92 Å². The molecule has 0 aliphatic carbocycles. The van der Waals surface area contributed by atoms with Crippen LogP contribution in [0.1, 0.15) is 22.2 Å². The van der Waals surface area contributed by atoms with Gasteiger partial charge in [0.1, 0.15) is 0 Å². The number of ether oxygens (including phenoxy) is 1. The van der Waals surface area contributed by atoms with Crippen molar-refractivity contribution in [2.24, 2.45) is 5.10 Å². The molecular weight excluding hydrogens is 436 g/mol. The van der Waals surface area contributed by atoms with Crippen LogP contribution in [0.2, 0.25) is 0 Å². The van der Waals surface area contributed by atoms with Crippen LogP contribution in [-0.4, -0.2) is 23.8 Å². The third kappa shape index (κ3) is 3.88. The average Bonchev–Trinajstić information content (AvgIpc) is 3.04. The lowest BCUT2D eigenvalue weighted by molar-refractivity contribution is 0.0959. The SMILES string of the molecule is CCOc1cc(C=NNC(=O)c2cccs2)c(Br)c(Br)c1O. The van der Waals surface area contributed by atoms with Gasteiger partial charge in [0.25, 0.3) is 5.91 Å².